The van der Waals surface area contributed by atoms with Crippen LogP contribution in [0.25, 0.3) is 0 Å². The first-order valence-electron chi connectivity index (χ1n) is 7.38. The quantitative estimate of drug-likeness (QED) is 0.814. The number of carbonyl (C=O) groups is 1. The van der Waals surface area contributed by atoms with Crippen LogP contribution < -0.4 is 11.1 Å². The van der Waals surface area contributed by atoms with Gasteiger partial charge in [-0.2, -0.15) is 0 Å². The van der Waals surface area contributed by atoms with Crippen molar-refractivity contribution in [1.29, 1.82) is 0 Å². The van der Waals surface area contributed by atoms with Crippen molar-refractivity contribution in [3.63, 3.8) is 0 Å². The topological polar surface area (TPSA) is 68.0 Å². The van der Waals surface area contributed by atoms with Crippen LogP contribution in [0.3, 0.4) is 0 Å². The molecular weight excluding hydrogens is 353 g/mol. The zero-order chi connectivity index (χ0) is 15.5. The fourth-order valence-corrected chi connectivity index (χ4v) is 3.36. The predicted molar refractivity (Wildman–Crippen MR) is 96.5 cm³/mol. The lowest BCUT2D eigenvalue weighted by Gasteiger charge is -2.18. The maximum Gasteiger partial charge on any atom is 0.271 e. The van der Waals surface area contributed by atoms with Gasteiger partial charge in [-0.3, -0.25) is 4.79 Å². The van der Waals surface area contributed by atoms with E-state index in [0.717, 1.165) is 23.4 Å². The first-order chi connectivity index (χ1) is 10.7. The number of rotatable bonds is 6. The third kappa shape index (κ3) is 4.67. The summed E-state index contributed by atoms with van der Waals surface area (Å²) in [5.74, 6) is 0.388. The highest BCUT2D eigenvalue weighted by Crippen LogP contribution is 2.41. The SMILES string of the molecule is Cl.NCCc1nc(C(=O)NC(c2ccc(Cl)cc2)C2CC2)cs1. The van der Waals surface area contributed by atoms with E-state index in [1.54, 1.807) is 5.38 Å². The van der Waals surface area contributed by atoms with Crippen LogP contribution in [0.4, 0.5) is 0 Å². The second-order valence-electron chi connectivity index (χ2n) is 5.51. The van der Waals surface area contributed by atoms with E-state index >= 15 is 0 Å². The van der Waals surface area contributed by atoms with Crippen molar-refractivity contribution in [2.24, 2.45) is 11.7 Å². The summed E-state index contributed by atoms with van der Waals surface area (Å²) in [6.45, 7) is 0.546. The molecule has 4 nitrogen and oxygen atoms in total. The van der Waals surface area contributed by atoms with Crippen molar-refractivity contribution in [3.05, 3.63) is 50.9 Å². The molecular formula is C16H19Cl2N3OS. The van der Waals surface area contributed by atoms with E-state index in [-0.39, 0.29) is 24.4 Å². The molecule has 1 fully saturated rings. The van der Waals surface area contributed by atoms with Gasteiger partial charge in [0.15, 0.2) is 0 Å². The zero-order valence-corrected chi connectivity index (χ0v) is 14.9. The van der Waals surface area contributed by atoms with Crippen LogP contribution >= 0.6 is 35.3 Å². The van der Waals surface area contributed by atoms with Gasteiger partial charge in [-0.1, -0.05) is 23.7 Å². The largest absolute Gasteiger partial charge is 0.344 e. The number of aromatic nitrogens is 1. The summed E-state index contributed by atoms with van der Waals surface area (Å²) in [5.41, 5.74) is 7.09. The van der Waals surface area contributed by atoms with Crippen molar-refractivity contribution in [1.82, 2.24) is 10.3 Å². The molecule has 2 aromatic rings. The molecule has 1 saturated carbocycles. The Morgan fingerprint density at radius 3 is 2.70 bits per heavy atom. The number of benzene rings is 1. The molecule has 0 spiro atoms. The summed E-state index contributed by atoms with van der Waals surface area (Å²) in [6.07, 6.45) is 2.99. The van der Waals surface area contributed by atoms with Crippen molar-refractivity contribution in [2.45, 2.75) is 25.3 Å². The van der Waals surface area contributed by atoms with Gasteiger partial charge in [0.1, 0.15) is 5.69 Å². The van der Waals surface area contributed by atoms with E-state index in [0.29, 0.717) is 29.6 Å². The number of nitrogens with zero attached hydrogens (tertiary/aromatic N) is 1. The normalized spacial score (nSPS) is 14.9. The first-order valence-corrected chi connectivity index (χ1v) is 8.64. The van der Waals surface area contributed by atoms with Crippen molar-refractivity contribution < 1.29 is 4.79 Å². The number of carbonyl (C=O) groups excluding carboxylic acids is 1. The monoisotopic (exact) mass is 371 g/mol. The Hall–Kier alpha value is -1.14. The van der Waals surface area contributed by atoms with Crippen LogP contribution in [0.1, 0.15) is 39.9 Å². The maximum atomic E-state index is 12.4. The summed E-state index contributed by atoms with van der Waals surface area (Å²) in [4.78, 5) is 16.8. The molecule has 1 aliphatic carbocycles. The Bertz CT molecular complexity index is 656. The molecule has 1 aromatic heterocycles. The van der Waals surface area contributed by atoms with Crippen LogP contribution in [-0.2, 0) is 6.42 Å². The molecule has 1 aliphatic rings. The van der Waals surface area contributed by atoms with Gasteiger partial charge in [-0.05, 0) is 43.0 Å². The van der Waals surface area contributed by atoms with E-state index < -0.39 is 0 Å². The van der Waals surface area contributed by atoms with Gasteiger partial charge < -0.3 is 11.1 Å². The molecule has 3 rings (SSSR count). The van der Waals surface area contributed by atoms with Crippen LogP contribution in [0.5, 0.6) is 0 Å². The molecule has 1 unspecified atom stereocenters. The predicted octanol–water partition coefficient (Wildman–Crippen LogP) is 3.60. The third-order valence-electron chi connectivity index (χ3n) is 3.75. The zero-order valence-electron chi connectivity index (χ0n) is 12.5. The van der Waals surface area contributed by atoms with E-state index in [4.69, 9.17) is 17.3 Å². The number of nitrogens with one attached hydrogen (secondary N) is 1. The highest BCUT2D eigenvalue weighted by Gasteiger charge is 2.33. The minimum absolute atomic E-state index is 0. The number of hydrogen-bond acceptors (Lipinski definition) is 4. The molecule has 1 aromatic carbocycles. The molecule has 23 heavy (non-hydrogen) atoms. The Balaban J connectivity index is 0.00000192. The first kappa shape index (κ1) is 18.2. The van der Waals surface area contributed by atoms with Crippen molar-refractivity contribution >= 4 is 41.3 Å². The standard InChI is InChI=1S/C16H18ClN3OS.ClH/c17-12-5-3-11(4-6-12)15(10-1-2-10)20-16(21)13-9-22-14(19-13)7-8-18;/h3-6,9-10,15H,1-2,7-8,18H2,(H,20,21);1H. The Kier molecular flexibility index (Phi) is 6.41. The van der Waals surface area contributed by atoms with E-state index in [1.807, 2.05) is 24.3 Å². The van der Waals surface area contributed by atoms with E-state index in [1.165, 1.54) is 11.3 Å². The molecule has 1 amide bonds. The molecule has 1 atom stereocenters. The highest BCUT2D eigenvalue weighted by atomic mass is 35.5. The highest BCUT2D eigenvalue weighted by molar-refractivity contribution is 7.09. The Morgan fingerprint density at radius 2 is 2.09 bits per heavy atom. The number of amides is 1. The molecule has 0 radical (unpaired) electrons. The van der Waals surface area contributed by atoms with E-state index in [9.17, 15) is 4.79 Å². The van der Waals surface area contributed by atoms with Gasteiger partial charge in [-0.15, -0.1) is 23.7 Å². The van der Waals surface area contributed by atoms with Gasteiger partial charge in [0.2, 0.25) is 0 Å². The average Bonchev–Trinajstić information content (AvgIpc) is 3.25. The number of halogens is 2. The number of hydrogen-bond donors (Lipinski definition) is 2. The number of thiazole rings is 1. The third-order valence-corrected chi connectivity index (χ3v) is 4.91. The molecule has 7 heteroatoms. The Labute approximate surface area is 150 Å². The van der Waals surface area contributed by atoms with Crippen LogP contribution in [0.2, 0.25) is 5.02 Å². The molecule has 124 valence electrons. The lowest BCUT2D eigenvalue weighted by atomic mass is 10.0. The fraction of sp³-hybridized carbons (Fsp3) is 0.375. The van der Waals surface area contributed by atoms with Crippen LogP contribution in [0, 0.1) is 5.92 Å². The smallest absolute Gasteiger partial charge is 0.271 e. The lowest BCUT2D eigenvalue weighted by molar-refractivity contribution is 0.0927. The summed E-state index contributed by atoms with van der Waals surface area (Å²) in [5, 5.41) is 6.52. The molecule has 0 bridgehead atoms. The van der Waals surface area contributed by atoms with Crippen molar-refractivity contribution in [3.8, 4) is 0 Å². The van der Waals surface area contributed by atoms with Crippen LogP contribution in [0.15, 0.2) is 29.6 Å². The van der Waals surface area contributed by atoms with Gasteiger partial charge in [0, 0.05) is 16.8 Å². The lowest BCUT2D eigenvalue weighted by Crippen LogP contribution is -2.30. The second kappa shape index (κ2) is 8.11. The molecule has 0 saturated heterocycles. The summed E-state index contributed by atoms with van der Waals surface area (Å²) < 4.78 is 0. The average molecular weight is 372 g/mol. The second-order valence-corrected chi connectivity index (χ2v) is 6.88. The molecule has 1 heterocycles. The minimum Gasteiger partial charge on any atom is -0.344 e. The summed E-state index contributed by atoms with van der Waals surface area (Å²) in [6, 6.07) is 7.71. The summed E-state index contributed by atoms with van der Waals surface area (Å²) in [7, 11) is 0. The molecule has 3 N–H and O–H groups in total. The Morgan fingerprint density at radius 1 is 1.39 bits per heavy atom. The van der Waals surface area contributed by atoms with Crippen molar-refractivity contribution in [2.75, 3.05) is 6.54 Å². The summed E-state index contributed by atoms with van der Waals surface area (Å²) >= 11 is 7.42. The molecule has 0 aliphatic heterocycles. The van der Waals surface area contributed by atoms with Gasteiger partial charge >= 0.3 is 0 Å². The fourth-order valence-electron chi connectivity index (χ4n) is 2.44. The maximum absolute atomic E-state index is 12.4. The number of nitrogens with two attached hydrogens (primary N) is 1. The van der Waals surface area contributed by atoms with Gasteiger partial charge in [-0.25, -0.2) is 4.98 Å². The minimum atomic E-state index is -0.119. The van der Waals surface area contributed by atoms with E-state index in [2.05, 4.69) is 10.3 Å². The van der Waals surface area contributed by atoms with Gasteiger partial charge in [0.05, 0.1) is 11.0 Å². The van der Waals surface area contributed by atoms with Crippen LogP contribution in [-0.4, -0.2) is 17.4 Å². The van der Waals surface area contributed by atoms with Gasteiger partial charge in [0.25, 0.3) is 5.91 Å².